The van der Waals surface area contributed by atoms with Crippen LogP contribution < -0.4 is 5.73 Å². The molecule has 0 heterocycles. The van der Waals surface area contributed by atoms with Crippen LogP contribution in [0.25, 0.3) is 0 Å². The zero-order valence-electron chi connectivity index (χ0n) is 9.26. The molecule has 1 rings (SSSR count). The van der Waals surface area contributed by atoms with Crippen molar-refractivity contribution in [3.8, 4) is 0 Å². The first-order valence-electron chi connectivity index (χ1n) is 4.91. The molecule has 0 amide bonds. The smallest absolute Gasteiger partial charge is 0.0409 e. The van der Waals surface area contributed by atoms with Gasteiger partial charge in [-0.05, 0) is 43.0 Å². The molecule has 0 aromatic heterocycles. The molecule has 1 nitrogen and oxygen atoms in total. The Labute approximate surface area is 91.3 Å². The molecule has 0 fully saturated rings. The van der Waals surface area contributed by atoms with E-state index in [4.69, 9.17) is 17.3 Å². The summed E-state index contributed by atoms with van der Waals surface area (Å²) in [5.41, 5.74) is 8.32. The Balaban J connectivity index is 3.24. The molecule has 0 radical (unpaired) electrons. The van der Waals surface area contributed by atoms with E-state index < -0.39 is 0 Å². The number of hydrogen-bond donors (Lipinski definition) is 1. The van der Waals surface area contributed by atoms with E-state index in [1.165, 1.54) is 5.56 Å². The summed E-state index contributed by atoms with van der Waals surface area (Å²) in [6, 6.07) is 5.89. The quantitative estimate of drug-likeness (QED) is 0.797. The normalized spacial score (nSPS) is 15.6. The van der Waals surface area contributed by atoms with Crippen molar-refractivity contribution >= 4 is 11.6 Å². The lowest BCUT2D eigenvalue weighted by atomic mass is 9.80. The third-order valence-electron chi connectivity index (χ3n) is 2.98. The van der Waals surface area contributed by atoms with Crippen LogP contribution in [-0.2, 0) is 5.54 Å². The molecule has 14 heavy (non-hydrogen) atoms. The van der Waals surface area contributed by atoms with Crippen LogP contribution in [0, 0.1) is 12.8 Å². The number of nitrogens with two attached hydrogens (primary N) is 1. The van der Waals surface area contributed by atoms with Crippen LogP contribution in [0.3, 0.4) is 0 Å². The molecule has 0 bridgehead atoms. The fourth-order valence-corrected chi connectivity index (χ4v) is 1.66. The van der Waals surface area contributed by atoms with Crippen LogP contribution in [-0.4, -0.2) is 0 Å². The Kier molecular flexibility index (Phi) is 3.23. The SMILES string of the molecule is Cc1ccc(Cl)cc1C(C)(N)C(C)C. The van der Waals surface area contributed by atoms with E-state index in [0.717, 1.165) is 10.6 Å². The molecule has 2 N–H and O–H groups in total. The summed E-state index contributed by atoms with van der Waals surface area (Å²) >= 11 is 5.97. The number of aryl methyl sites for hydroxylation is 1. The fourth-order valence-electron chi connectivity index (χ4n) is 1.49. The fraction of sp³-hybridized carbons (Fsp3) is 0.500. The second-order valence-electron chi connectivity index (χ2n) is 4.40. The molecule has 0 saturated heterocycles. The average Bonchev–Trinajstić information content (AvgIpc) is 2.08. The highest BCUT2D eigenvalue weighted by Gasteiger charge is 2.26. The lowest BCUT2D eigenvalue weighted by Crippen LogP contribution is -2.39. The van der Waals surface area contributed by atoms with Crippen molar-refractivity contribution in [1.29, 1.82) is 0 Å². The molecule has 0 spiro atoms. The van der Waals surface area contributed by atoms with E-state index in [0.29, 0.717) is 5.92 Å². The molecular formula is C12H18ClN. The first-order chi connectivity index (χ1) is 6.35. The Morgan fingerprint density at radius 1 is 1.36 bits per heavy atom. The van der Waals surface area contributed by atoms with Crippen LogP contribution in [0.5, 0.6) is 0 Å². The minimum absolute atomic E-state index is 0.311. The highest BCUT2D eigenvalue weighted by molar-refractivity contribution is 6.30. The van der Waals surface area contributed by atoms with Crippen LogP contribution in [0.4, 0.5) is 0 Å². The van der Waals surface area contributed by atoms with Gasteiger partial charge in [-0.25, -0.2) is 0 Å². The van der Waals surface area contributed by atoms with E-state index >= 15 is 0 Å². The summed E-state index contributed by atoms with van der Waals surface area (Å²) in [4.78, 5) is 0. The van der Waals surface area contributed by atoms with Crippen molar-refractivity contribution in [2.45, 2.75) is 33.2 Å². The van der Waals surface area contributed by atoms with E-state index in [-0.39, 0.29) is 5.54 Å². The average molecular weight is 212 g/mol. The van der Waals surface area contributed by atoms with Gasteiger partial charge in [-0.15, -0.1) is 0 Å². The summed E-state index contributed by atoms with van der Waals surface area (Å²) in [6.07, 6.45) is 0. The van der Waals surface area contributed by atoms with Crippen LogP contribution in [0.1, 0.15) is 31.9 Å². The summed E-state index contributed by atoms with van der Waals surface area (Å²) in [5, 5.41) is 0.753. The molecule has 1 aromatic rings. The molecule has 0 aliphatic heterocycles. The predicted octanol–water partition coefficient (Wildman–Crippen LogP) is 3.48. The Morgan fingerprint density at radius 2 is 1.93 bits per heavy atom. The second kappa shape index (κ2) is 3.92. The lowest BCUT2D eigenvalue weighted by Gasteiger charge is -2.31. The van der Waals surface area contributed by atoms with Gasteiger partial charge >= 0.3 is 0 Å². The first-order valence-corrected chi connectivity index (χ1v) is 5.29. The van der Waals surface area contributed by atoms with Gasteiger partial charge in [0.2, 0.25) is 0 Å². The minimum Gasteiger partial charge on any atom is -0.321 e. The van der Waals surface area contributed by atoms with Crippen LogP contribution >= 0.6 is 11.6 Å². The molecular weight excluding hydrogens is 194 g/mol. The highest BCUT2D eigenvalue weighted by atomic mass is 35.5. The minimum atomic E-state index is -0.311. The topological polar surface area (TPSA) is 26.0 Å². The molecule has 2 heteroatoms. The molecule has 0 aliphatic rings. The zero-order chi connectivity index (χ0) is 10.9. The first kappa shape index (κ1) is 11.5. The molecule has 0 saturated carbocycles. The molecule has 0 aliphatic carbocycles. The van der Waals surface area contributed by atoms with Gasteiger partial charge in [0.25, 0.3) is 0 Å². The number of halogens is 1. The number of benzene rings is 1. The maximum absolute atomic E-state index is 6.29. The van der Waals surface area contributed by atoms with Gasteiger partial charge < -0.3 is 5.73 Å². The van der Waals surface area contributed by atoms with Crippen molar-refractivity contribution in [2.75, 3.05) is 0 Å². The molecule has 78 valence electrons. The lowest BCUT2D eigenvalue weighted by molar-refractivity contribution is 0.349. The van der Waals surface area contributed by atoms with E-state index in [1.807, 2.05) is 18.2 Å². The van der Waals surface area contributed by atoms with Crippen molar-refractivity contribution in [2.24, 2.45) is 11.7 Å². The summed E-state index contributed by atoms with van der Waals surface area (Å²) < 4.78 is 0. The van der Waals surface area contributed by atoms with Crippen molar-refractivity contribution in [1.82, 2.24) is 0 Å². The van der Waals surface area contributed by atoms with Crippen LogP contribution in [0.2, 0.25) is 5.02 Å². The molecule has 1 atom stereocenters. The Bertz CT molecular complexity index is 329. The Hall–Kier alpha value is -0.530. The summed E-state index contributed by atoms with van der Waals surface area (Å²) in [5.74, 6) is 0.389. The Morgan fingerprint density at radius 3 is 2.43 bits per heavy atom. The van der Waals surface area contributed by atoms with Gasteiger partial charge in [0.05, 0.1) is 0 Å². The van der Waals surface area contributed by atoms with Crippen LogP contribution in [0.15, 0.2) is 18.2 Å². The van der Waals surface area contributed by atoms with E-state index in [2.05, 4.69) is 27.7 Å². The standard InChI is InChI=1S/C12H18ClN/c1-8(2)12(4,14)11-7-10(13)6-5-9(11)3/h5-8H,14H2,1-4H3. The van der Waals surface area contributed by atoms with Gasteiger partial charge in [0, 0.05) is 10.6 Å². The maximum atomic E-state index is 6.29. The van der Waals surface area contributed by atoms with E-state index in [1.54, 1.807) is 0 Å². The summed E-state index contributed by atoms with van der Waals surface area (Å²) in [6.45, 7) is 8.37. The zero-order valence-corrected chi connectivity index (χ0v) is 10.0. The van der Waals surface area contributed by atoms with Gasteiger partial charge in [-0.3, -0.25) is 0 Å². The number of hydrogen-bond acceptors (Lipinski definition) is 1. The van der Waals surface area contributed by atoms with E-state index in [9.17, 15) is 0 Å². The van der Waals surface area contributed by atoms with Gasteiger partial charge in [-0.1, -0.05) is 31.5 Å². The van der Waals surface area contributed by atoms with Crippen molar-refractivity contribution in [3.63, 3.8) is 0 Å². The maximum Gasteiger partial charge on any atom is 0.0409 e. The van der Waals surface area contributed by atoms with Gasteiger partial charge in [-0.2, -0.15) is 0 Å². The third kappa shape index (κ3) is 2.10. The van der Waals surface area contributed by atoms with Crippen molar-refractivity contribution < 1.29 is 0 Å². The highest BCUT2D eigenvalue weighted by Crippen LogP contribution is 2.30. The largest absolute Gasteiger partial charge is 0.321 e. The molecule has 1 aromatic carbocycles. The van der Waals surface area contributed by atoms with Gasteiger partial charge in [0.15, 0.2) is 0 Å². The predicted molar refractivity (Wildman–Crippen MR) is 62.6 cm³/mol. The monoisotopic (exact) mass is 211 g/mol. The molecule has 1 unspecified atom stereocenters. The third-order valence-corrected chi connectivity index (χ3v) is 3.21. The number of rotatable bonds is 2. The van der Waals surface area contributed by atoms with Gasteiger partial charge in [0.1, 0.15) is 0 Å². The summed E-state index contributed by atoms with van der Waals surface area (Å²) in [7, 11) is 0. The van der Waals surface area contributed by atoms with Crippen molar-refractivity contribution in [3.05, 3.63) is 34.3 Å². The second-order valence-corrected chi connectivity index (χ2v) is 4.83.